The number of aryl methyl sites for hydroxylation is 1. The fraction of sp³-hybridized carbons (Fsp3) is 0.278. The molecule has 0 atom stereocenters. The number of benzene rings is 1. The molecule has 0 aliphatic heterocycles. The lowest BCUT2D eigenvalue weighted by atomic mass is 10.1. The van der Waals surface area contributed by atoms with Crippen LogP contribution in [0.5, 0.6) is 0 Å². The first-order valence-corrected chi connectivity index (χ1v) is 9.23. The van der Waals surface area contributed by atoms with Crippen molar-refractivity contribution in [2.75, 3.05) is 0 Å². The number of carbonyl (C=O) groups excluding carboxylic acids is 1. The Bertz CT molecular complexity index is 1150. The number of fused-ring (bicyclic) bond motifs is 1. The van der Waals surface area contributed by atoms with Crippen LogP contribution in [0.4, 0.5) is 30.7 Å². The second kappa shape index (κ2) is 8.17. The molecule has 1 amide bonds. The van der Waals surface area contributed by atoms with E-state index in [0.717, 1.165) is 11.3 Å². The highest BCUT2D eigenvalue weighted by Crippen LogP contribution is 2.30. The Labute approximate surface area is 168 Å². The van der Waals surface area contributed by atoms with Crippen LogP contribution in [0, 0.1) is 5.82 Å². The zero-order chi connectivity index (χ0) is 22.1. The third kappa shape index (κ3) is 5.04. The smallest absolute Gasteiger partial charge is 0.315 e. The molecule has 0 fully saturated rings. The van der Waals surface area contributed by atoms with Crippen LogP contribution < -0.4 is 4.80 Å². The minimum atomic E-state index is -4.79. The summed E-state index contributed by atoms with van der Waals surface area (Å²) in [5, 5.41) is 0. The summed E-state index contributed by atoms with van der Waals surface area (Å²) in [5.74, 6) is -2.47. The molecule has 160 valence electrons. The molecule has 0 radical (unpaired) electrons. The predicted octanol–water partition coefficient (Wildman–Crippen LogP) is 5.34. The van der Waals surface area contributed by atoms with Crippen molar-refractivity contribution in [3.63, 3.8) is 0 Å². The topological polar surface area (TPSA) is 47.2 Å². The third-order valence-corrected chi connectivity index (χ3v) is 5.11. The Morgan fingerprint density at radius 1 is 1.13 bits per heavy atom. The monoisotopic (exact) mass is 451 g/mol. The number of hydrogen-bond donors (Lipinski definition) is 0. The summed E-state index contributed by atoms with van der Waals surface area (Å²) in [5.41, 5.74) is -1.70. The average Bonchev–Trinajstić information content (AvgIpc) is 2.97. The van der Waals surface area contributed by atoms with E-state index >= 15 is 0 Å². The highest BCUT2D eigenvalue weighted by atomic mass is 32.1. The molecule has 0 saturated heterocycles. The summed E-state index contributed by atoms with van der Waals surface area (Å²) in [4.78, 5) is 19.9. The summed E-state index contributed by atoms with van der Waals surface area (Å²) in [7, 11) is 0. The number of hydrogen-bond acceptors (Lipinski definition) is 3. The van der Waals surface area contributed by atoms with Gasteiger partial charge in [0.15, 0.2) is 4.80 Å². The van der Waals surface area contributed by atoms with Crippen molar-refractivity contribution in [1.29, 1.82) is 0 Å². The van der Waals surface area contributed by atoms with Gasteiger partial charge in [0.1, 0.15) is 5.82 Å². The summed E-state index contributed by atoms with van der Waals surface area (Å²) >= 11 is 0.930. The van der Waals surface area contributed by atoms with Crippen LogP contribution in [0.25, 0.3) is 10.2 Å². The SMILES string of the molecule is O=C(/N=c1\sc2ccncc2n1CCCC(F)(F)F)c1cc(C(F)(F)F)ccc1F. The number of carbonyl (C=O) groups is 1. The number of rotatable bonds is 4. The van der Waals surface area contributed by atoms with Gasteiger partial charge in [0.05, 0.1) is 27.5 Å². The summed E-state index contributed by atoms with van der Waals surface area (Å²) in [6.07, 6.45) is -7.76. The van der Waals surface area contributed by atoms with Gasteiger partial charge in [0.2, 0.25) is 0 Å². The third-order valence-electron chi connectivity index (χ3n) is 4.05. The molecule has 2 heterocycles. The first-order chi connectivity index (χ1) is 14.0. The van der Waals surface area contributed by atoms with Crippen LogP contribution in [0.1, 0.15) is 28.8 Å². The second-order valence-electron chi connectivity index (χ2n) is 6.21. The molecule has 1 aromatic carbocycles. The van der Waals surface area contributed by atoms with Crippen LogP contribution in [0.15, 0.2) is 41.7 Å². The minimum absolute atomic E-state index is 0.0676. The first-order valence-electron chi connectivity index (χ1n) is 8.41. The molecule has 3 aromatic rings. The predicted molar refractivity (Wildman–Crippen MR) is 94.2 cm³/mol. The van der Waals surface area contributed by atoms with Crippen molar-refractivity contribution < 1.29 is 35.5 Å². The van der Waals surface area contributed by atoms with E-state index < -0.39 is 41.6 Å². The normalized spacial score (nSPS) is 13.2. The Morgan fingerprint density at radius 3 is 2.53 bits per heavy atom. The fourth-order valence-electron chi connectivity index (χ4n) is 2.67. The van der Waals surface area contributed by atoms with Gasteiger partial charge >= 0.3 is 12.4 Å². The molecule has 30 heavy (non-hydrogen) atoms. The Kier molecular flexibility index (Phi) is 5.97. The van der Waals surface area contributed by atoms with Gasteiger partial charge in [0, 0.05) is 19.2 Å². The van der Waals surface area contributed by atoms with Crippen molar-refractivity contribution in [1.82, 2.24) is 9.55 Å². The van der Waals surface area contributed by atoms with E-state index in [2.05, 4.69) is 9.98 Å². The van der Waals surface area contributed by atoms with E-state index in [0.29, 0.717) is 28.4 Å². The van der Waals surface area contributed by atoms with E-state index in [-0.39, 0.29) is 17.8 Å². The molecule has 3 rings (SSSR count). The zero-order valence-corrected chi connectivity index (χ0v) is 15.7. The molecule has 0 saturated carbocycles. The molecule has 12 heteroatoms. The quantitative estimate of drug-likeness (QED) is 0.503. The van der Waals surface area contributed by atoms with Crippen molar-refractivity contribution in [3.8, 4) is 0 Å². The molecule has 0 spiro atoms. The van der Waals surface area contributed by atoms with Gasteiger partial charge in [-0.3, -0.25) is 9.78 Å². The molecule has 0 aliphatic rings. The second-order valence-corrected chi connectivity index (χ2v) is 7.22. The Morgan fingerprint density at radius 2 is 1.87 bits per heavy atom. The fourth-order valence-corrected chi connectivity index (χ4v) is 3.69. The lowest BCUT2D eigenvalue weighted by Gasteiger charge is -2.08. The summed E-state index contributed by atoms with van der Waals surface area (Å²) in [6.45, 7) is -0.164. The van der Waals surface area contributed by atoms with Gasteiger partial charge in [0.25, 0.3) is 5.91 Å². The van der Waals surface area contributed by atoms with Crippen LogP contribution in [-0.2, 0) is 12.7 Å². The Balaban J connectivity index is 2.03. The molecule has 2 aromatic heterocycles. The molecule has 0 aliphatic carbocycles. The Hall–Kier alpha value is -2.76. The summed E-state index contributed by atoms with van der Waals surface area (Å²) in [6, 6.07) is 2.91. The first kappa shape index (κ1) is 21.9. The van der Waals surface area contributed by atoms with Gasteiger partial charge in [-0.1, -0.05) is 11.3 Å². The van der Waals surface area contributed by atoms with Crippen LogP contribution in [0.2, 0.25) is 0 Å². The number of pyridine rings is 1. The molecule has 0 unspecified atom stereocenters. The lowest BCUT2D eigenvalue weighted by Crippen LogP contribution is -2.19. The van der Waals surface area contributed by atoms with Crippen LogP contribution in [-0.4, -0.2) is 21.6 Å². The van der Waals surface area contributed by atoms with Gasteiger partial charge < -0.3 is 4.57 Å². The standard InChI is InChI=1S/C18H12F7N3OS/c19-12-3-2-10(18(23,24)25)8-11(12)15(29)27-16-28(7-1-5-17(20,21)22)13-9-26-6-4-14(13)30-16/h2-4,6,8-9H,1,5,7H2/b27-16-. The highest BCUT2D eigenvalue weighted by molar-refractivity contribution is 7.16. The van der Waals surface area contributed by atoms with Crippen molar-refractivity contribution in [3.05, 3.63) is 58.4 Å². The van der Waals surface area contributed by atoms with Crippen LogP contribution >= 0.6 is 11.3 Å². The maximum absolute atomic E-state index is 14.0. The molecule has 4 nitrogen and oxygen atoms in total. The minimum Gasteiger partial charge on any atom is -0.315 e. The van der Waals surface area contributed by atoms with E-state index in [1.54, 1.807) is 6.07 Å². The zero-order valence-electron chi connectivity index (χ0n) is 14.9. The van der Waals surface area contributed by atoms with E-state index in [9.17, 15) is 35.5 Å². The largest absolute Gasteiger partial charge is 0.416 e. The van der Waals surface area contributed by atoms with Gasteiger partial charge in [-0.25, -0.2) is 4.39 Å². The molecule has 0 bridgehead atoms. The summed E-state index contributed by atoms with van der Waals surface area (Å²) < 4.78 is 91.8. The number of amides is 1. The lowest BCUT2D eigenvalue weighted by molar-refractivity contribution is -0.138. The number of halogens is 7. The molecular weight excluding hydrogens is 439 g/mol. The average molecular weight is 451 g/mol. The number of alkyl halides is 6. The van der Waals surface area contributed by atoms with E-state index in [4.69, 9.17) is 0 Å². The number of aromatic nitrogens is 2. The highest BCUT2D eigenvalue weighted by Gasteiger charge is 2.32. The molecule has 0 N–H and O–H groups in total. The van der Waals surface area contributed by atoms with Crippen molar-refractivity contribution in [2.45, 2.75) is 31.7 Å². The van der Waals surface area contributed by atoms with Gasteiger partial charge in [-0.2, -0.15) is 31.3 Å². The molecular formula is C18H12F7N3OS. The maximum Gasteiger partial charge on any atom is 0.416 e. The maximum atomic E-state index is 14.0. The van der Waals surface area contributed by atoms with Gasteiger partial charge in [-0.05, 0) is 30.7 Å². The van der Waals surface area contributed by atoms with Crippen molar-refractivity contribution in [2.24, 2.45) is 4.99 Å². The van der Waals surface area contributed by atoms with E-state index in [1.165, 1.54) is 17.0 Å². The van der Waals surface area contributed by atoms with Gasteiger partial charge in [-0.15, -0.1) is 0 Å². The number of nitrogens with zero attached hydrogens (tertiary/aromatic N) is 3. The van der Waals surface area contributed by atoms with Crippen molar-refractivity contribution >= 4 is 27.5 Å². The van der Waals surface area contributed by atoms with E-state index in [1.807, 2.05) is 0 Å². The number of thiazole rings is 1. The van der Waals surface area contributed by atoms with Crippen LogP contribution in [0.3, 0.4) is 0 Å².